The van der Waals surface area contributed by atoms with Gasteiger partial charge in [-0.05, 0) is 23.6 Å². The van der Waals surface area contributed by atoms with Crippen LogP contribution in [-0.4, -0.2) is 21.9 Å². The van der Waals surface area contributed by atoms with Crippen molar-refractivity contribution >= 4 is 28.7 Å². The van der Waals surface area contributed by atoms with Crippen LogP contribution in [0.3, 0.4) is 0 Å². The van der Waals surface area contributed by atoms with E-state index in [2.05, 4.69) is 0 Å². The average molecular weight is 357 g/mol. The molecule has 0 spiro atoms. The highest BCUT2D eigenvalue weighted by Crippen LogP contribution is 2.46. The molecule has 130 valence electrons. The Hall–Kier alpha value is -2.60. The summed E-state index contributed by atoms with van der Waals surface area (Å²) in [6, 6.07) is 9.27. The van der Waals surface area contributed by atoms with Gasteiger partial charge in [-0.15, -0.1) is 11.3 Å². The quantitative estimate of drug-likeness (QED) is 0.871. The van der Waals surface area contributed by atoms with Crippen LogP contribution in [0, 0.1) is 5.41 Å². The Kier molecular flexibility index (Phi) is 4.16. The molecule has 1 aliphatic heterocycles. The lowest BCUT2D eigenvalue weighted by molar-refractivity contribution is -0.123. The number of hydrogen-bond acceptors (Lipinski definition) is 5. The number of amides is 1. The lowest BCUT2D eigenvalue weighted by Gasteiger charge is -2.28. The Morgan fingerprint density at radius 2 is 1.80 bits per heavy atom. The van der Waals surface area contributed by atoms with Crippen LogP contribution in [0.1, 0.15) is 31.7 Å². The summed E-state index contributed by atoms with van der Waals surface area (Å²) in [5.74, 6) is -1.63. The van der Waals surface area contributed by atoms with Gasteiger partial charge in [0.25, 0.3) is 5.91 Å². The first-order valence-corrected chi connectivity index (χ1v) is 8.74. The van der Waals surface area contributed by atoms with Crippen LogP contribution < -0.4 is 4.90 Å². The third-order valence-electron chi connectivity index (χ3n) is 4.09. The minimum atomic E-state index is -0.757. The molecule has 2 N–H and O–H groups in total. The highest BCUT2D eigenvalue weighted by Gasteiger charge is 2.47. The maximum Gasteiger partial charge on any atom is 0.294 e. The number of phenols is 1. The number of aliphatic hydroxyl groups excluding tert-OH is 1. The Morgan fingerprint density at radius 3 is 2.36 bits per heavy atom. The van der Waals surface area contributed by atoms with Crippen molar-refractivity contribution in [1.29, 1.82) is 0 Å². The van der Waals surface area contributed by atoms with Gasteiger partial charge < -0.3 is 10.2 Å². The van der Waals surface area contributed by atoms with Crippen molar-refractivity contribution in [2.75, 3.05) is 4.90 Å². The number of rotatable bonds is 3. The van der Waals surface area contributed by atoms with Gasteiger partial charge in [0.1, 0.15) is 11.8 Å². The first-order chi connectivity index (χ1) is 11.7. The lowest BCUT2D eigenvalue weighted by atomic mass is 9.83. The molecule has 1 aromatic heterocycles. The zero-order valence-electron chi connectivity index (χ0n) is 14.2. The second kappa shape index (κ2) is 6.04. The summed E-state index contributed by atoms with van der Waals surface area (Å²) in [5, 5.41) is 22.5. The molecule has 5 nitrogen and oxygen atoms in total. The van der Waals surface area contributed by atoms with Gasteiger partial charge >= 0.3 is 0 Å². The molecular weight excluding hydrogens is 338 g/mol. The fraction of sp³-hybridized carbons (Fsp3) is 0.263. The summed E-state index contributed by atoms with van der Waals surface area (Å²) in [4.78, 5) is 27.7. The van der Waals surface area contributed by atoms with Gasteiger partial charge in [0, 0.05) is 10.3 Å². The summed E-state index contributed by atoms with van der Waals surface area (Å²) < 4.78 is 0. The Morgan fingerprint density at radius 1 is 1.12 bits per heavy atom. The van der Waals surface area contributed by atoms with Crippen LogP contribution >= 0.6 is 11.3 Å². The smallest absolute Gasteiger partial charge is 0.294 e. The molecule has 3 rings (SSSR count). The normalized spacial score (nSPS) is 18.1. The molecule has 0 aliphatic carbocycles. The van der Waals surface area contributed by atoms with E-state index in [1.165, 1.54) is 22.3 Å². The maximum absolute atomic E-state index is 12.9. The van der Waals surface area contributed by atoms with E-state index in [0.29, 0.717) is 0 Å². The van der Waals surface area contributed by atoms with Crippen molar-refractivity contribution in [3.8, 4) is 5.75 Å². The molecule has 1 aromatic carbocycles. The Bertz CT molecular complexity index is 862. The van der Waals surface area contributed by atoms with Crippen LogP contribution in [0.4, 0.5) is 5.69 Å². The average Bonchev–Trinajstić information content (AvgIpc) is 3.15. The van der Waals surface area contributed by atoms with E-state index >= 15 is 0 Å². The van der Waals surface area contributed by atoms with E-state index in [9.17, 15) is 19.8 Å². The summed E-state index contributed by atoms with van der Waals surface area (Å²) in [6.45, 7) is 5.23. The van der Waals surface area contributed by atoms with E-state index in [0.717, 1.165) is 4.88 Å². The second-order valence-corrected chi connectivity index (χ2v) is 7.90. The molecule has 1 aliphatic rings. The van der Waals surface area contributed by atoms with E-state index < -0.39 is 23.1 Å². The Labute approximate surface area is 149 Å². The Balaban J connectivity index is 2.21. The van der Waals surface area contributed by atoms with Gasteiger partial charge in [0.2, 0.25) is 0 Å². The predicted molar refractivity (Wildman–Crippen MR) is 96.8 cm³/mol. The molecule has 1 atom stereocenters. The number of benzene rings is 1. The van der Waals surface area contributed by atoms with Crippen LogP contribution in [0.5, 0.6) is 5.75 Å². The minimum Gasteiger partial charge on any atom is -0.506 e. The third kappa shape index (κ3) is 2.82. The lowest BCUT2D eigenvalue weighted by Crippen LogP contribution is -2.32. The summed E-state index contributed by atoms with van der Waals surface area (Å²) in [5.41, 5.74) is -0.425. The fourth-order valence-electron chi connectivity index (χ4n) is 2.87. The van der Waals surface area contributed by atoms with Crippen molar-refractivity contribution in [2.24, 2.45) is 5.41 Å². The van der Waals surface area contributed by atoms with Gasteiger partial charge in [-0.2, -0.15) is 0 Å². The standard InChI is InChI=1S/C19H19NO4S/c1-19(2,3)17(23)14-15(13-9-6-10-25-13)20(18(24)16(14)22)11-7-4-5-8-12(11)21/h4-10,15,21-22H,1-3H3. The van der Waals surface area contributed by atoms with Gasteiger partial charge in [-0.3, -0.25) is 14.5 Å². The molecule has 1 unspecified atom stereocenters. The molecule has 2 aromatic rings. The van der Waals surface area contributed by atoms with Gasteiger partial charge in [-0.1, -0.05) is 39.0 Å². The highest BCUT2D eigenvalue weighted by molar-refractivity contribution is 7.10. The topological polar surface area (TPSA) is 77.8 Å². The molecule has 0 bridgehead atoms. The van der Waals surface area contributed by atoms with Gasteiger partial charge in [0.05, 0.1) is 11.3 Å². The SMILES string of the molecule is CC(C)(C)C(=O)C1=C(O)C(=O)N(c2ccccc2O)C1c1cccs1. The molecule has 0 saturated carbocycles. The molecule has 1 amide bonds. The molecule has 2 heterocycles. The number of phenolic OH excluding ortho intramolecular Hbond substituents is 1. The van der Waals surface area contributed by atoms with Crippen LogP contribution in [0.2, 0.25) is 0 Å². The van der Waals surface area contributed by atoms with Crippen molar-refractivity contribution in [1.82, 2.24) is 0 Å². The van der Waals surface area contributed by atoms with Crippen LogP contribution in [0.15, 0.2) is 53.1 Å². The first kappa shape index (κ1) is 17.2. The number of Topliss-reactive ketones (excluding diaryl/α,β-unsaturated/α-hetero) is 1. The number of para-hydroxylation sites is 2. The van der Waals surface area contributed by atoms with E-state index in [-0.39, 0.29) is 22.8 Å². The van der Waals surface area contributed by atoms with Crippen molar-refractivity contribution in [2.45, 2.75) is 26.8 Å². The summed E-state index contributed by atoms with van der Waals surface area (Å²) in [7, 11) is 0. The predicted octanol–water partition coefficient (Wildman–Crippen LogP) is 3.97. The molecule has 6 heteroatoms. The zero-order chi connectivity index (χ0) is 18.4. The van der Waals surface area contributed by atoms with Crippen LogP contribution in [0.25, 0.3) is 0 Å². The number of aromatic hydroxyl groups is 1. The molecule has 0 fully saturated rings. The minimum absolute atomic E-state index is 0.0724. The number of hydrogen-bond donors (Lipinski definition) is 2. The van der Waals surface area contributed by atoms with E-state index in [1.807, 2.05) is 17.5 Å². The van der Waals surface area contributed by atoms with Crippen LogP contribution in [-0.2, 0) is 9.59 Å². The first-order valence-electron chi connectivity index (χ1n) is 7.86. The summed E-state index contributed by atoms with van der Waals surface area (Å²) >= 11 is 1.39. The third-order valence-corrected chi connectivity index (χ3v) is 5.01. The molecule has 0 saturated heterocycles. The number of nitrogens with zero attached hydrogens (tertiary/aromatic N) is 1. The number of anilines is 1. The monoisotopic (exact) mass is 357 g/mol. The number of carbonyl (C=O) groups is 2. The number of carbonyl (C=O) groups excluding carboxylic acids is 2. The van der Waals surface area contributed by atoms with Gasteiger partial charge in [0.15, 0.2) is 11.5 Å². The molecule has 25 heavy (non-hydrogen) atoms. The number of thiophene rings is 1. The fourth-order valence-corrected chi connectivity index (χ4v) is 3.70. The number of aliphatic hydroxyl groups is 1. The number of ketones is 1. The largest absolute Gasteiger partial charge is 0.506 e. The second-order valence-electron chi connectivity index (χ2n) is 6.92. The highest BCUT2D eigenvalue weighted by atomic mass is 32.1. The van der Waals surface area contributed by atoms with Crippen molar-refractivity contribution in [3.63, 3.8) is 0 Å². The van der Waals surface area contributed by atoms with Crippen molar-refractivity contribution in [3.05, 3.63) is 58.0 Å². The van der Waals surface area contributed by atoms with Crippen molar-refractivity contribution < 1.29 is 19.8 Å². The van der Waals surface area contributed by atoms with E-state index in [1.54, 1.807) is 39.0 Å². The van der Waals surface area contributed by atoms with Gasteiger partial charge in [-0.25, -0.2) is 0 Å². The molecular formula is C19H19NO4S. The zero-order valence-corrected chi connectivity index (χ0v) is 15.0. The molecule has 0 radical (unpaired) electrons. The summed E-state index contributed by atoms with van der Waals surface area (Å²) in [6.07, 6.45) is 0. The van der Waals surface area contributed by atoms with E-state index in [4.69, 9.17) is 0 Å². The maximum atomic E-state index is 12.9.